The number of carbonyl (C=O) groups excluding carboxylic acids is 2. The zero-order chi connectivity index (χ0) is 20.9. The van der Waals surface area contributed by atoms with E-state index in [1.807, 2.05) is 48.5 Å². The highest BCUT2D eigenvalue weighted by molar-refractivity contribution is 5.88. The molecule has 5 nitrogen and oxygen atoms in total. The fourth-order valence-corrected chi connectivity index (χ4v) is 4.70. The number of hydrogen-bond acceptors (Lipinski definition) is 4. The quantitative estimate of drug-likeness (QED) is 0.744. The molecule has 0 heterocycles. The van der Waals surface area contributed by atoms with Gasteiger partial charge in [0.05, 0.1) is 7.11 Å². The van der Waals surface area contributed by atoms with Crippen LogP contribution < -0.4 is 14.8 Å². The van der Waals surface area contributed by atoms with Crippen molar-refractivity contribution < 1.29 is 19.1 Å². The molecule has 2 bridgehead atoms. The second kappa shape index (κ2) is 9.33. The Bertz CT molecular complexity index is 879. The Labute approximate surface area is 177 Å². The van der Waals surface area contributed by atoms with Crippen LogP contribution in [0.2, 0.25) is 0 Å². The Morgan fingerprint density at radius 2 is 1.73 bits per heavy atom. The summed E-state index contributed by atoms with van der Waals surface area (Å²) < 4.78 is 11.4. The monoisotopic (exact) mass is 407 g/mol. The molecule has 30 heavy (non-hydrogen) atoms. The SMILES string of the molecule is COc1cc(CNC(=O)C2CC3CCCC(C2)C3=O)ccc1OCc1ccccc1. The molecule has 158 valence electrons. The molecule has 5 heteroatoms. The number of rotatable bonds is 7. The first-order valence-corrected chi connectivity index (χ1v) is 10.8. The van der Waals surface area contributed by atoms with Crippen molar-refractivity contribution in [1.29, 1.82) is 0 Å². The average molecular weight is 408 g/mol. The third-order valence-electron chi connectivity index (χ3n) is 6.35. The van der Waals surface area contributed by atoms with E-state index in [0.29, 0.717) is 43.3 Å². The molecule has 0 radical (unpaired) electrons. The summed E-state index contributed by atoms with van der Waals surface area (Å²) >= 11 is 0. The second-order valence-electron chi connectivity index (χ2n) is 8.37. The van der Waals surface area contributed by atoms with Gasteiger partial charge in [0.15, 0.2) is 11.5 Å². The van der Waals surface area contributed by atoms with E-state index in [-0.39, 0.29) is 23.7 Å². The molecular formula is C25H29NO4. The number of amides is 1. The lowest BCUT2D eigenvalue weighted by Gasteiger charge is -2.36. The fourth-order valence-electron chi connectivity index (χ4n) is 4.70. The predicted molar refractivity (Wildman–Crippen MR) is 114 cm³/mol. The topological polar surface area (TPSA) is 64.6 Å². The first-order valence-electron chi connectivity index (χ1n) is 10.8. The van der Waals surface area contributed by atoms with Crippen LogP contribution in [0.5, 0.6) is 11.5 Å². The Hall–Kier alpha value is -2.82. The molecule has 2 unspecified atom stereocenters. The van der Waals surface area contributed by atoms with Gasteiger partial charge in [-0.3, -0.25) is 9.59 Å². The summed E-state index contributed by atoms with van der Waals surface area (Å²) in [5.41, 5.74) is 2.05. The molecular weight excluding hydrogens is 378 g/mol. The van der Waals surface area contributed by atoms with Crippen molar-refractivity contribution in [2.24, 2.45) is 17.8 Å². The van der Waals surface area contributed by atoms with Gasteiger partial charge in [0.1, 0.15) is 12.4 Å². The molecule has 0 saturated heterocycles. The summed E-state index contributed by atoms with van der Waals surface area (Å²) in [5.74, 6) is 1.91. The zero-order valence-electron chi connectivity index (χ0n) is 17.4. The van der Waals surface area contributed by atoms with E-state index in [9.17, 15) is 9.59 Å². The van der Waals surface area contributed by atoms with E-state index in [4.69, 9.17) is 9.47 Å². The molecule has 0 spiro atoms. The first-order chi connectivity index (χ1) is 14.6. The van der Waals surface area contributed by atoms with Crippen molar-refractivity contribution in [3.63, 3.8) is 0 Å². The predicted octanol–water partition coefficient (Wildman–Crippen LogP) is 4.29. The maximum absolute atomic E-state index is 12.7. The third kappa shape index (κ3) is 4.66. The molecule has 2 aromatic rings. The number of ether oxygens (including phenoxy) is 2. The molecule has 1 amide bonds. The van der Waals surface area contributed by atoms with E-state index in [1.165, 1.54) is 0 Å². The standard InChI is InChI=1S/C25H29NO4/c1-29-23-12-18(10-11-22(23)30-16-17-6-3-2-4-7-17)15-26-25(28)21-13-19-8-5-9-20(14-21)24(19)27/h2-4,6-7,10-12,19-21H,5,8-9,13-16H2,1H3,(H,26,28). The van der Waals surface area contributed by atoms with Crippen molar-refractivity contribution in [2.75, 3.05) is 7.11 Å². The molecule has 0 aromatic heterocycles. The first kappa shape index (κ1) is 20.5. The summed E-state index contributed by atoms with van der Waals surface area (Å²) in [4.78, 5) is 25.0. The minimum Gasteiger partial charge on any atom is -0.493 e. The Balaban J connectivity index is 1.33. The molecule has 4 rings (SSSR count). The van der Waals surface area contributed by atoms with Crippen LogP contribution in [0, 0.1) is 17.8 Å². The number of fused-ring (bicyclic) bond motifs is 2. The van der Waals surface area contributed by atoms with Gasteiger partial charge in [0.25, 0.3) is 0 Å². The Kier molecular flexibility index (Phi) is 6.36. The van der Waals surface area contributed by atoms with Crippen molar-refractivity contribution in [1.82, 2.24) is 5.32 Å². The summed E-state index contributed by atoms with van der Waals surface area (Å²) in [6.07, 6.45) is 4.42. The van der Waals surface area contributed by atoms with Crippen LogP contribution in [0.4, 0.5) is 0 Å². The van der Waals surface area contributed by atoms with Crippen LogP contribution in [0.15, 0.2) is 48.5 Å². The summed E-state index contributed by atoms with van der Waals surface area (Å²) in [6, 6.07) is 15.7. The molecule has 2 aliphatic carbocycles. The fraction of sp³-hybridized carbons (Fsp3) is 0.440. The van der Waals surface area contributed by atoms with Crippen LogP contribution in [0.3, 0.4) is 0 Å². The van der Waals surface area contributed by atoms with Crippen LogP contribution in [-0.2, 0) is 22.7 Å². The van der Waals surface area contributed by atoms with Crippen LogP contribution in [0.1, 0.15) is 43.2 Å². The molecule has 2 aromatic carbocycles. The third-order valence-corrected chi connectivity index (χ3v) is 6.35. The Morgan fingerprint density at radius 3 is 2.43 bits per heavy atom. The van der Waals surface area contributed by atoms with Gasteiger partial charge >= 0.3 is 0 Å². The lowest BCUT2D eigenvalue weighted by Crippen LogP contribution is -2.42. The maximum Gasteiger partial charge on any atom is 0.223 e. The van der Waals surface area contributed by atoms with Crippen LogP contribution in [-0.4, -0.2) is 18.8 Å². The summed E-state index contributed by atoms with van der Waals surface area (Å²) in [5, 5.41) is 3.05. The number of benzene rings is 2. The van der Waals surface area contributed by atoms with Gasteiger partial charge in [0.2, 0.25) is 5.91 Å². The molecule has 2 atom stereocenters. The van der Waals surface area contributed by atoms with Gasteiger partial charge in [-0.05, 0) is 48.9 Å². The van der Waals surface area contributed by atoms with Crippen molar-refractivity contribution in [2.45, 2.75) is 45.3 Å². The van der Waals surface area contributed by atoms with E-state index in [2.05, 4.69) is 5.32 Å². The van der Waals surface area contributed by atoms with Gasteiger partial charge in [0, 0.05) is 24.3 Å². The van der Waals surface area contributed by atoms with Gasteiger partial charge in [-0.1, -0.05) is 42.8 Å². The lowest BCUT2D eigenvalue weighted by atomic mass is 9.67. The second-order valence-corrected chi connectivity index (χ2v) is 8.37. The largest absolute Gasteiger partial charge is 0.493 e. The van der Waals surface area contributed by atoms with Gasteiger partial charge in [-0.25, -0.2) is 0 Å². The van der Waals surface area contributed by atoms with E-state index >= 15 is 0 Å². The van der Waals surface area contributed by atoms with Crippen LogP contribution in [0.25, 0.3) is 0 Å². The van der Waals surface area contributed by atoms with E-state index in [0.717, 1.165) is 30.4 Å². The summed E-state index contributed by atoms with van der Waals surface area (Å²) in [7, 11) is 1.62. The van der Waals surface area contributed by atoms with Gasteiger partial charge in [-0.2, -0.15) is 0 Å². The molecule has 0 aliphatic heterocycles. The number of methoxy groups -OCH3 is 1. The number of hydrogen-bond donors (Lipinski definition) is 1. The number of carbonyl (C=O) groups is 2. The number of nitrogens with one attached hydrogen (secondary N) is 1. The van der Waals surface area contributed by atoms with Crippen molar-refractivity contribution >= 4 is 11.7 Å². The zero-order valence-corrected chi connectivity index (χ0v) is 17.4. The molecule has 2 fully saturated rings. The van der Waals surface area contributed by atoms with Crippen LogP contribution >= 0.6 is 0 Å². The normalized spacial score (nSPS) is 23.0. The summed E-state index contributed by atoms with van der Waals surface area (Å²) in [6.45, 7) is 0.907. The van der Waals surface area contributed by atoms with Crippen molar-refractivity contribution in [3.05, 3.63) is 59.7 Å². The number of Topliss-reactive ketones (excluding diaryl/α,β-unsaturated/α-hetero) is 1. The van der Waals surface area contributed by atoms with Gasteiger partial charge < -0.3 is 14.8 Å². The van der Waals surface area contributed by atoms with Crippen molar-refractivity contribution in [3.8, 4) is 11.5 Å². The minimum atomic E-state index is -0.0478. The smallest absolute Gasteiger partial charge is 0.223 e. The number of ketones is 1. The molecule has 2 saturated carbocycles. The highest BCUT2D eigenvalue weighted by Gasteiger charge is 2.41. The average Bonchev–Trinajstić information content (AvgIpc) is 2.76. The highest BCUT2D eigenvalue weighted by Crippen LogP contribution is 2.40. The van der Waals surface area contributed by atoms with E-state index < -0.39 is 0 Å². The maximum atomic E-state index is 12.7. The van der Waals surface area contributed by atoms with E-state index in [1.54, 1.807) is 7.11 Å². The molecule has 2 aliphatic rings. The molecule has 1 N–H and O–H groups in total. The Morgan fingerprint density at radius 1 is 1.00 bits per heavy atom. The minimum absolute atomic E-state index is 0.0478. The van der Waals surface area contributed by atoms with Gasteiger partial charge in [-0.15, -0.1) is 0 Å². The highest BCUT2D eigenvalue weighted by atomic mass is 16.5. The lowest BCUT2D eigenvalue weighted by molar-refractivity contribution is -0.137.